The van der Waals surface area contributed by atoms with E-state index in [-0.39, 0.29) is 18.4 Å². The minimum atomic E-state index is -0.224. The number of carbonyl (C=O) groups excluding carboxylic acids is 2. The van der Waals surface area contributed by atoms with Crippen LogP contribution in [-0.2, 0) is 9.59 Å². The molecule has 0 unspecified atom stereocenters. The van der Waals surface area contributed by atoms with Crippen LogP contribution in [0.2, 0.25) is 0 Å². The molecular formula is C16H19N3O2S. The van der Waals surface area contributed by atoms with Crippen molar-refractivity contribution in [1.82, 2.24) is 9.88 Å². The molecular weight excluding hydrogens is 298 g/mol. The molecule has 0 aliphatic rings. The van der Waals surface area contributed by atoms with Gasteiger partial charge in [0.25, 0.3) is 0 Å². The van der Waals surface area contributed by atoms with Gasteiger partial charge in [0, 0.05) is 24.4 Å². The number of benzene rings is 1. The quantitative estimate of drug-likeness (QED) is 0.891. The second kappa shape index (κ2) is 7.70. The zero-order valence-electron chi connectivity index (χ0n) is 12.7. The van der Waals surface area contributed by atoms with Crippen LogP contribution in [0.3, 0.4) is 0 Å². The standard InChI is InChI=1S/C16H19N3O2S/c1-3-9-19(12(2)20)10-15(21)18-16-17-14(11-22-16)13-7-5-4-6-8-13/h4-8,11H,3,9-10H2,1-2H3,(H,17,18,21). The first-order chi connectivity index (χ1) is 10.6. The molecule has 2 rings (SSSR count). The Bertz CT molecular complexity index is 640. The van der Waals surface area contributed by atoms with Gasteiger partial charge < -0.3 is 10.2 Å². The van der Waals surface area contributed by atoms with Gasteiger partial charge in [0.1, 0.15) is 0 Å². The fraction of sp³-hybridized carbons (Fsp3) is 0.312. The Hall–Kier alpha value is -2.21. The lowest BCUT2D eigenvalue weighted by Gasteiger charge is -2.19. The van der Waals surface area contributed by atoms with Crippen molar-refractivity contribution < 1.29 is 9.59 Å². The molecule has 0 atom stereocenters. The number of aromatic nitrogens is 1. The van der Waals surface area contributed by atoms with E-state index in [1.807, 2.05) is 42.6 Å². The van der Waals surface area contributed by atoms with E-state index in [1.165, 1.54) is 23.2 Å². The summed E-state index contributed by atoms with van der Waals surface area (Å²) in [5, 5.41) is 5.20. The van der Waals surface area contributed by atoms with Crippen LogP contribution in [0.1, 0.15) is 20.3 Å². The molecule has 5 nitrogen and oxygen atoms in total. The second-order valence-electron chi connectivity index (χ2n) is 4.89. The highest BCUT2D eigenvalue weighted by Gasteiger charge is 2.14. The second-order valence-corrected chi connectivity index (χ2v) is 5.75. The molecule has 0 saturated carbocycles. The summed E-state index contributed by atoms with van der Waals surface area (Å²) >= 11 is 1.38. The molecule has 0 fully saturated rings. The van der Waals surface area contributed by atoms with E-state index in [0.29, 0.717) is 11.7 Å². The maximum atomic E-state index is 12.0. The minimum Gasteiger partial charge on any atom is -0.334 e. The molecule has 0 aliphatic carbocycles. The summed E-state index contributed by atoms with van der Waals surface area (Å²) < 4.78 is 0. The number of anilines is 1. The van der Waals surface area contributed by atoms with Crippen molar-refractivity contribution in [2.45, 2.75) is 20.3 Å². The lowest BCUT2D eigenvalue weighted by atomic mass is 10.2. The van der Waals surface area contributed by atoms with Crippen LogP contribution in [0.25, 0.3) is 11.3 Å². The van der Waals surface area contributed by atoms with E-state index in [4.69, 9.17) is 0 Å². The molecule has 2 aromatic rings. The van der Waals surface area contributed by atoms with Gasteiger partial charge in [-0.05, 0) is 6.42 Å². The molecule has 1 N–H and O–H groups in total. The number of amides is 2. The molecule has 1 aromatic carbocycles. The molecule has 2 amide bonds. The minimum absolute atomic E-state index is 0.0590. The van der Waals surface area contributed by atoms with Crippen molar-refractivity contribution in [1.29, 1.82) is 0 Å². The van der Waals surface area contributed by atoms with Gasteiger partial charge in [-0.3, -0.25) is 9.59 Å². The van der Waals surface area contributed by atoms with E-state index in [0.717, 1.165) is 17.7 Å². The summed E-state index contributed by atoms with van der Waals surface area (Å²) in [6, 6.07) is 9.78. The van der Waals surface area contributed by atoms with E-state index in [2.05, 4.69) is 10.3 Å². The van der Waals surface area contributed by atoms with Gasteiger partial charge in [0.15, 0.2) is 5.13 Å². The highest BCUT2D eigenvalue weighted by Crippen LogP contribution is 2.24. The summed E-state index contributed by atoms with van der Waals surface area (Å²) in [6.07, 6.45) is 0.822. The maximum Gasteiger partial charge on any atom is 0.245 e. The van der Waals surface area contributed by atoms with Crippen LogP contribution in [0, 0.1) is 0 Å². The number of carbonyl (C=O) groups is 2. The van der Waals surface area contributed by atoms with Crippen molar-refractivity contribution in [3.8, 4) is 11.3 Å². The molecule has 1 heterocycles. The number of nitrogens with zero attached hydrogens (tertiary/aromatic N) is 2. The topological polar surface area (TPSA) is 62.3 Å². The van der Waals surface area contributed by atoms with Crippen molar-refractivity contribution in [3.63, 3.8) is 0 Å². The number of rotatable bonds is 6. The molecule has 0 spiro atoms. The number of nitrogens with one attached hydrogen (secondary N) is 1. The van der Waals surface area contributed by atoms with Crippen molar-refractivity contribution >= 4 is 28.3 Å². The highest BCUT2D eigenvalue weighted by molar-refractivity contribution is 7.14. The normalized spacial score (nSPS) is 10.3. The summed E-state index contributed by atoms with van der Waals surface area (Å²) in [6.45, 7) is 4.08. The lowest BCUT2D eigenvalue weighted by Crippen LogP contribution is -2.37. The number of hydrogen-bond acceptors (Lipinski definition) is 4. The first-order valence-corrected chi connectivity index (χ1v) is 8.04. The van der Waals surface area contributed by atoms with Crippen molar-refractivity contribution in [2.75, 3.05) is 18.4 Å². The third-order valence-electron chi connectivity index (χ3n) is 3.09. The van der Waals surface area contributed by atoms with Crippen LogP contribution < -0.4 is 5.32 Å². The van der Waals surface area contributed by atoms with Crippen LogP contribution >= 0.6 is 11.3 Å². The van der Waals surface area contributed by atoms with Gasteiger partial charge in [-0.2, -0.15) is 0 Å². The van der Waals surface area contributed by atoms with Crippen LogP contribution in [0.15, 0.2) is 35.7 Å². The van der Waals surface area contributed by atoms with Gasteiger partial charge in [0.2, 0.25) is 11.8 Å². The van der Waals surface area contributed by atoms with Crippen LogP contribution in [0.4, 0.5) is 5.13 Å². The fourth-order valence-electron chi connectivity index (χ4n) is 2.02. The molecule has 1 aromatic heterocycles. The zero-order chi connectivity index (χ0) is 15.9. The van der Waals surface area contributed by atoms with Gasteiger partial charge >= 0.3 is 0 Å². The van der Waals surface area contributed by atoms with Gasteiger partial charge in [-0.15, -0.1) is 11.3 Å². The van der Waals surface area contributed by atoms with Crippen LogP contribution in [0.5, 0.6) is 0 Å². The van der Waals surface area contributed by atoms with Gasteiger partial charge in [0.05, 0.1) is 12.2 Å². The Morgan fingerprint density at radius 3 is 2.64 bits per heavy atom. The average Bonchev–Trinajstić information content (AvgIpc) is 2.96. The highest BCUT2D eigenvalue weighted by atomic mass is 32.1. The Morgan fingerprint density at radius 2 is 2.00 bits per heavy atom. The Morgan fingerprint density at radius 1 is 1.27 bits per heavy atom. The molecule has 0 radical (unpaired) electrons. The number of thiazole rings is 1. The first-order valence-electron chi connectivity index (χ1n) is 7.16. The Balaban J connectivity index is 1.98. The molecule has 0 aliphatic heterocycles. The maximum absolute atomic E-state index is 12.0. The van der Waals surface area contributed by atoms with E-state index in [1.54, 1.807) is 0 Å². The predicted octanol–water partition coefficient (Wildman–Crippen LogP) is 3.01. The molecule has 22 heavy (non-hydrogen) atoms. The zero-order valence-corrected chi connectivity index (χ0v) is 13.5. The predicted molar refractivity (Wildman–Crippen MR) is 88.7 cm³/mol. The molecule has 116 valence electrons. The van der Waals surface area contributed by atoms with Crippen LogP contribution in [-0.4, -0.2) is 34.8 Å². The summed E-state index contributed by atoms with van der Waals surface area (Å²) in [4.78, 5) is 29.4. The van der Waals surface area contributed by atoms with E-state index < -0.39 is 0 Å². The number of hydrogen-bond donors (Lipinski definition) is 1. The average molecular weight is 317 g/mol. The Labute approximate surface area is 134 Å². The largest absolute Gasteiger partial charge is 0.334 e. The first kappa shape index (κ1) is 16.2. The van der Waals surface area contributed by atoms with Gasteiger partial charge in [-0.25, -0.2) is 4.98 Å². The molecule has 0 bridgehead atoms. The smallest absolute Gasteiger partial charge is 0.245 e. The van der Waals surface area contributed by atoms with Crippen molar-refractivity contribution in [2.24, 2.45) is 0 Å². The summed E-state index contributed by atoms with van der Waals surface area (Å²) in [5.74, 6) is -0.321. The summed E-state index contributed by atoms with van der Waals surface area (Å²) in [5.41, 5.74) is 1.84. The third kappa shape index (κ3) is 4.39. The molecule has 6 heteroatoms. The Kier molecular flexibility index (Phi) is 5.66. The molecule has 0 saturated heterocycles. The van der Waals surface area contributed by atoms with Gasteiger partial charge in [-0.1, -0.05) is 37.3 Å². The van der Waals surface area contributed by atoms with E-state index in [9.17, 15) is 9.59 Å². The monoisotopic (exact) mass is 317 g/mol. The van der Waals surface area contributed by atoms with Crippen molar-refractivity contribution in [3.05, 3.63) is 35.7 Å². The summed E-state index contributed by atoms with van der Waals surface area (Å²) in [7, 11) is 0. The van der Waals surface area contributed by atoms with E-state index >= 15 is 0 Å². The third-order valence-corrected chi connectivity index (χ3v) is 3.85. The SMILES string of the molecule is CCCN(CC(=O)Nc1nc(-c2ccccc2)cs1)C(C)=O. The fourth-order valence-corrected chi connectivity index (χ4v) is 2.76. The lowest BCUT2D eigenvalue weighted by molar-refractivity contribution is -0.132.